The minimum absolute atomic E-state index is 0.000119. The van der Waals surface area contributed by atoms with E-state index in [-0.39, 0.29) is 23.2 Å². The van der Waals surface area contributed by atoms with Crippen LogP contribution >= 0.6 is 11.6 Å². The molecule has 98 valence electrons. The van der Waals surface area contributed by atoms with Gasteiger partial charge in [-0.1, -0.05) is 11.6 Å². The van der Waals surface area contributed by atoms with Crippen molar-refractivity contribution in [3.63, 3.8) is 0 Å². The van der Waals surface area contributed by atoms with Crippen LogP contribution in [0.2, 0.25) is 5.15 Å². The highest BCUT2D eigenvalue weighted by atomic mass is 35.5. The predicted octanol–water partition coefficient (Wildman–Crippen LogP) is 2.76. The smallest absolute Gasteiger partial charge is 0.291 e. The van der Waals surface area contributed by atoms with Crippen LogP contribution in [-0.4, -0.2) is 14.9 Å². The standard InChI is InChI=1S/C11H7ClFN3O3/c12-11-9(4-8(5-15-11)16(17)18)19-6-7-1-2-14-10(13)3-7/h1-5H,6H2. The summed E-state index contributed by atoms with van der Waals surface area (Å²) in [5.74, 6) is -0.572. The average Bonchev–Trinajstić information content (AvgIpc) is 2.37. The van der Waals surface area contributed by atoms with E-state index in [1.165, 1.54) is 12.3 Å². The predicted molar refractivity (Wildman–Crippen MR) is 64.4 cm³/mol. The summed E-state index contributed by atoms with van der Waals surface area (Å²) in [6, 6.07) is 3.91. The molecule has 0 fully saturated rings. The maximum atomic E-state index is 12.8. The monoisotopic (exact) mass is 283 g/mol. The van der Waals surface area contributed by atoms with Gasteiger partial charge in [-0.05, 0) is 17.7 Å². The van der Waals surface area contributed by atoms with Gasteiger partial charge in [-0.3, -0.25) is 10.1 Å². The lowest BCUT2D eigenvalue weighted by molar-refractivity contribution is -0.385. The first-order valence-corrected chi connectivity index (χ1v) is 5.47. The van der Waals surface area contributed by atoms with Crippen LogP contribution in [0.4, 0.5) is 10.1 Å². The molecule has 0 saturated heterocycles. The number of halogens is 2. The summed E-state index contributed by atoms with van der Waals surface area (Å²) in [5, 5.41) is 10.6. The number of nitrogens with zero attached hydrogens (tertiary/aromatic N) is 3. The fraction of sp³-hybridized carbons (Fsp3) is 0.0909. The molecule has 0 N–H and O–H groups in total. The van der Waals surface area contributed by atoms with Crippen molar-refractivity contribution in [1.29, 1.82) is 0 Å². The van der Waals surface area contributed by atoms with Crippen molar-refractivity contribution < 1.29 is 14.1 Å². The molecule has 0 atom stereocenters. The van der Waals surface area contributed by atoms with Gasteiger partial charge in [-0.2, -0.15) is 4.39 Å². The normalized spacial score (nSPS) is 10.2. The van der Waals surface area contributed by atoms with E-state index < -0.39 is 10.9 Å². The summed E-state index contributed by atoms with van der Waals surface area (Å²) in [6.45, 7) is 0.00199. The average molecular weight is 284 g/mol. The van der Waals surface area contributed by atoms with E-state index in [1.54, 1.807) is 6.07 Å². The van der Waals surface area contributed by atoms with Crippen molar-refractivity contribution in [2.45, 2.75) is 6.61 Å². The summed E-state index contributed by atoms with van der Waals surface area (Å²) in [7, 11) is 0. The summed E-state index contributed by atoms with van der Waals surface area (Å²) in [4.78, 5) is 17.0. The SMILES string of the molecule is O=[N+]([O-])c1cnc(Cl)c(OCc2ccnc(F)c2)c1. The zero-order valence-electron chi connectivity index (χ0n) is 9.42. The second-order valence-corrected chi connectivity index (χ2v) is 3.87. The molecule has 0 saturated carbocycles. The Morgan fingerprint density at radius 3 is 2.89 bits per heavy atom. The molecule has 0 aliphatic rings. The van der Waals surface area contributed by atoms with Gasteiger partial charge in [0.05, 0.1) is 11.0 Å². The first kappa shape index (κ1) is 13.2. The molecule has 0 bridgehead atoms. The third-order valence-electron chi connectivity index (χ3n) is 2.19. The van der Waals surface area contributed by atoms with Crippen LogP contribution in [0.1, 0.15) is 5.56 Å². The summed E-state index contributed by atoms with van der Waals surface area (Å²) < 4.78 is 18.1. The van der Waals surface area contributed by atoms with Crippen molar-refractivity contribution in [2.75, 3.05) is 0 Å². The fourth-order valence-electron chi connectivity index (χ4n) is 1.31. The van der Waals surface area contributed by atoms with Crippen LogP contribution < -0.4 is 4.74 Å². The largest absolute Gasteiger partial charge is 0.485 e. The maximum absolute atomic E-state index is 12.8. The van der Waals surface area contributed by atoms with Gasteiger partial charge in [0, 0.05) is 6.20 Å². The lowest BCUT2D eigenvalue weighted by Crippen LogP contribution is -1.99. The van der Waals surface area contributed by atoms with Gasteiger partial charge in [0.2, 0.25) is 5.95 Å². The third-order valence-corrected chi connectivity index (χ3v) is 2.47. The van der Waals surface area contributed by atoms with E-state index in [9.17, 15) is 14.5 Å². The Kier molecular flexibility index (Phi) is 3.86. The lowest BCUT2D eigenvalue weighted by atomic mass is 10.3. The molecule has 8 heteroatoms. The van der Waals surface area contributed by atoms with E-state index in [2.05, 4.69) is 9.97 Å². The second kappa shape index (κ2) is 5.57. The van der Waals surface area contributed by atoms with Gasteiger partial charge in [-0.25, -0.2) is 9.97 Å². The van der Waals surface area contributed by atoms with Crippen molar-refractivity contribution in [3.05, 3.63) is 57.4 Å². The van der Waals surface area contributed by atoms with Crippen molar-refractivity contribution in [3.8, 4) is 5.75 Å². The topological polar surface area (TPSA) is 78.2 Å². The van der Waals surface area contributed by atoms with Gasteiger partial charge in [-0.15, -0.1) is 0 Å². The van der Waals surface area contributed by atoms with Gasteiger partial charge >= 0.3 is 0 Å². The van der Waals surface area contributed by atoms with E-state index in [0.29, 0.717) is 5.56 Å². The maximum Gasteiger partial charge on any atom is 0.291 e. The van der Waals surface area contributed by atoms with E-state index in [4.69, 9.17) is 16.3 Å². The number of hydrogen-bond acceptors (Lipinski definition) is 5. The molecule has 6 nitrogen and oxygen atoms in total. The number of nitro groups is 1. The molecular formula is C11H7ClFN3O3. The summed E-state index contributed by atoms with van der Waals surface area (Å²) >= 11 is 5.75. The van der Waals surface area contributed by atoms with Gasteiger partial charge in [0.25, 0.3) is 5.69 Å². The Bertz CT molecular complexity index is 624. The lowest BCUT2D eigenvalue weighted by Gasteiger charge is -2.07. The Labute approximate surface area is 112 Å². The number of aromatic nitrogens is 2. The molecular weight excluding hydrogens is 277 g/mol. The number of pyridine rings is 2. The minimum atomic E-state index is -0.635. The van der Waals surface area contributed by atoms with Crippen LogP contribution in [-0.2, 0) is 6.61 Å². The molecule has 0 unspecified atom stereocenters. The molecule has 0 amide bonds. The van der Waals surface area contributed by atoms with Crippen LogP contribution in [0, 0.1) is 16.1 Å². The molecule has 0 aliphatic carbocycles. The Morgan fingerprint density at radius 2 is 2.21 bits per heavy atom. The fourth-order valence-corrected chi connectivity index (χ4v) is 1.47. The highest BCUT2D eigenvalue weighted by Crippen LogP contribution is 2.26. The number of ether oxygens (including phenoxy) is 1. The van der Waals surface area contributed by atoms with Crippen molar-refractivity contribution in [2.24, 2.45) is 0 Å². The summed E-state index contributed by atoms with van der Waals surface area (Å²) in [5.41, 5.74) is 0.287. The first-order chi connectivity index (χ1) is 9.06. The number of rotatable bonds is 4. The highest BCUT2D eigenvalue weighted by molar-refractivity contribution is 6.30. The molecule has 2 heterocycles. The van der Waals surface area contributed by atoms with E-state index in [0.717, 1.165) is 12.3 Å². The molecule has 2 rings (SSSR count). The molecule has 0 spiro atoms. The van der Waals surface area contributed by atoms with Crippen LogP contribution in [0.15, 0.2) is 30.6 Å². The molecule has 0 aliphatic heterocycles. The van der Waals surface area contributed by atoms with Crippen molar-refractivity contribution in [1.82, 2.24) is 9.97 Å². The van der Waals surface area contributed by atoms with Gasteiger partial charge in [0.1, 0.15) is 12.8 Å². The van der Waals surface area contributed by atoms with E-state index >= 15 is 0 Å². The molecule has 2 aromatic rings. The van der Waals surface area contributed by atoms with Crippen molar-refractivity contribution >= 4 is 17.3 Å². The molecule has 0 radical (unpaired) electrons. The minimum Gasteiger partial charge on any atom is -0.485 e. The summed E-state index contributed by atoms with van der Waals surface area (Å²) in [6.07, 6.45) is 2.32. The zero-order valence-corrected chi connectivity index (χ0v) is 10.2. The van der Waals surface area contributed by atoms with Crippen LogP contribution in [0.3, 0.4) is 0 Å². The highest BCUT2D eigenvalue weighted by Gasteiger charge is 2.12. The quantitative estimate of drug-likeness (QED) is 0.490. The van der Waals surface area contributed by atoms with Gasteiger partial charge < -0.3 is 4.74 Å². The van der Waals surface area contributed by atoms with E-state index in [1.807, 2.05) is 0 Å². The molecule has 2 aromatic heterocycles. The zero-order chi connectivity index (χ0) is 13.8. The Hall–Kier alpha value is -2.28. The molecule has 0 aromatic carbocycles. The van der Waals surface area contributed by atoms with Crippen LogP contribution in [0.5, 0.6) is 5.75 Å². The number of hydrogen-bond donors (Lipinski definition) is 0. The van der Waals surface area contributed by atoms with Crippen LogP contribution in [0.25, 0.3) is 0 Å². The Morgan fingerprint density at radius 1 is 1.42 bits per heavy atom. The molecule has 19 heavy (non-hydrogen) atoms. The Balaban J connectivity index is 2.15. The third kappa shape index (κ3) is 3.35. The van der Waals surface area contributed by atoms with Gasteiger partial charge in [0.15, 0.2) is 10.9 Å². The second-order valence-electron chi connectivity index (χ2n) is 3.52. The first-order valence-electron chi connectivity index (χ1n) is 5.09.